The third-order valence-electron chi connectivity index (χ3n) is 3.42. The Bertz CT molecular complexity index is 885. The van der Waals surface area contributed by atoms with Crippen molar-refractivity contribution in [3.05, 3.63) is 53.8 Å². The van der Waals surface area contributed by atoms with E-state index >= 15 is 0 Å². The van der Waals surface area contributed by atoms with Gasteiger partial charge >= 0.3 is 5.97 Å². The molecule has 1 N–H and O–H groups in total. The van der Waals surface area contributed by atoms with Gasteiger partial charge in [0.25, 0.3) is 0 Å². The summed E-state index contributed by atoms with van der Waals surface area (Å²) in [7, 11) is -1.16. The van der Waals surface area contributed by atoms with Gasteiger partial charge in [-0.3, -0.25) is 4.79 Å². The van der Waals surface area contributed by atoms with Crippen molar-refractivity contribution in [1.82, 2.24) is 4.72 Å². The molecule has 0 atom stereocenters. The number of carbonyl (C=O) groups is 1. The molecule has 7 nitrogen and oxygen atoms in total. The minimum absolute atomic E-state index is 0.1000. The van der Waals surface area contributed by atoms with Crippen LogP contribution >= 0.6 is 0 Å². The van der Waals surface area contributed by atoms with Gasteiger partial charge in [0.2, 0.25) is 10.0 Å². The molecule has 0 radical (unpaired) electrons. The molecule has 2 rings (SSSR count). The number of rotatable bonds is 8. The van der Waals surface area contributed by atoms with E-state index in [1.807, 2.05) is 0 Å². The Labute approximate surface area is 150 Å². The molecular weight excluding hydrogens is 365 g/mol. The van der Waals surface area contributed by atoms with E-state index in [2.05, 4.69) is 4.72 Å². The Morgan fingerprint density at radius 2 is 1.77 bits per heavy atom. The summed E-state index contributed by atoms with van der Waals surface area (Å²) in [4.78, 5) is 11.6. The Kier molecular flexibility index (Phi) is 6.53. The van der Waals surface area contributed by atoms with Crippen LogP contribution in [0.15, 0.2) is 47.4 Å². The maximum absolute atomic E-state index is 13.4. The van der Waals surface area contributed by atoms with Gasteiger partial charge in [-0.05, 0) is 18.2 Å². The van der Waals surface area contributed by atoms with Crippen LogP contribution in [0.1, 0.15) is 5.56 Å². The van der Waals surface area contributed by atoms with Gasteiger partial charge in [-0.15, -0.1) is 0 Å². The summed E-state index contributed by atoms with van der Waals surface area (Å²) >= 11 is 0. The molecule has 0 aromatic heterocycles. The highest BCUT2D eigenvalue weighted by Gasteiger charge is 2.18. The fraction of sp³-hybridized carbons (Fsp3) is 0.235. The highest BCUT2D eigenvalue weighted by Crippen LogP contribution is 2.29. The first-order chi connectivity index (χ1) is 12.4. The smallest absolute Gasteiger partial charge is 0.321 e. The molecule has 0 saturated heterocycles. The summed E-state index contributed by atoms with van der Waals surface area (Å²) < 4.78 is 55.0. The zero-order valence-electron chi connectivity index (χ0n) is 14.2. The first-order valence-electron chi connectivity index (χ1n) is 7.48. The van der Waals surface area contributed by atoms with Gasteiger partial charge in [0.05, 0.1) is 19.1 Å². The highest BCUT2D eigenvalue weighted by molar-refractivity contribution is 7.89. The molecule has 0 aliphatic rings. The van der Waals surface area contributed by atoms with E-state index in [1.165, 1.54) is 50.6 Å². The molecular formula is C17H18FNO6S. The number of carbonyl (C=O) groups excluding carboxylic acids is 1. The van der Waals surface area contributed by atoms with Crippen molar-refractivity contribution in [3.8, 4) is 11.5 Å². The van der Waals surface area contributed by atoms with Gasteiger partial charge in [0, 0.05) is 11.6 Å². The molecule has 0 aliphatic heterocycles. The zero-order chi connectivity index (χ0) is 19.2. The van der Waals surface area contributed by atoms with Gasteiger partial charge in [-0.1, -0.05) is 18.2 Å². The standard InChI is InChI=1S/C17H18FNO6S/c1-23-15-8-7-13(9-16(15)24-2)26(21,22)19-10-17(20)25-11-12-5-3-4-6-14(12)18/h3-9,19H,10-11H2,1-2H3. The Balaban J connectivity index is 1.97. The van der Waals surface area contributed by atoms with Crippen LogP contribution in [0.2, 0.25) is 0 Å². The van der Waals surface area contributed by atoms with Crippen molar-refractivity contribution in [2.75, 3.05) is 20.8 Å². The lowest BCUT2D eigenvalue weighted by molar-refractivity contribution is -0.143. The van der Waals surface area contributed by atoms with Crippen LogP contribution in [0.5, 0.6) is 11.5 Å². The van der Waals surface area contributed by atoms with Crippen LogP contribution in [0, 0.1) is 5.82 Å². The minimum Gasteiger partial charge on any atom is -0.493 e. The van der Waals surface area contributed by atoms with Crippen LogP contribution in [-0.4, -0.2) is 35.2 Å². The molecule has 0 unspecified atom stereocenters. The third-order valence-corrected chi connectivity index (χ3v) is 4.82. The van der Waals surface area contributed by atoms with Crippen LogP contribution < -0.4 is 14.2 Å². The molecule has 0 aliphatic carbocycles. The summed E-state index contributed by atoms with van der Waals surface area (Å²) in [5, 5.41) is 0. The number of hydrogen-bond donors (Lipinski definition) is 1. The maximum atomic E-state index is 13.4. The number of ether oxygens (including phenoxy) is 3. The minimum atomic E-state index is -3.96. The van der Waals surface area contributed by atoms with Crippen molar-refractivity contribution in [1.29, 1.82) is 0 Å². The second-order valence-electron chi connectivity index (χ2n) is 5.09. The number of nitrogens with one attached hydrogen (secondary N) is 1. The van der Waals surface area contributed by atoms with E-state index < -0.39 is 28.4 Å². The van der Waals surface area contributed by atoms with Crippen molar-refractivity contribution in [2.45, 2.75) is 11.5 Å². The van der Waals surface area contributed by atoms with Gasteiger partial charge in [0.1, 0.15) is 19.0 Å². The molecule has 0 amide bonds. The quantitative estimate of drug-likeness (QED) is 0.700. The zero-order valence-corrected chi connectivity index (χ0v) is 15.0. The number of esters is 1. The number of benzene rings is 2. The third kappa shape index (κ3) is 4.93. The summed E-state index contributed by atoms with van der Waals surface area (Å²) in [5.74, 6) is -0.739. The van der Waals surface area contributed by atoms with E-state index in [0.717, 1.165) is 0 Å². The molecule has 0 bridgehead atoms. The van der Waals surface area contributed by atoms with Crippen LogP contribution in [0.4, 0.5) is 4.39 Å². The molecule has 0 heterocycles. The molecule has 140 valence electrons. The first-order valence-corrected chi connectivity index (χ1v) is 8.96. The van der Waals surface area contributed by atoms with E-state index in [4.69, 9.17) is 14.2 Å². The topological polar surface area (TPSA) is 90.9 Å². The Morgan fingerprint density at radius 3 is 2.42 bits per heavy atom. The Morgan fingerprint density at radius 1 is 1.08 bits per heavy atom. The van der Waals surface area contributed by atoms with Crippen LogP contribution in [0.25, 0.3) is 0 Å². The predicted molar refractivity (Wildman–Crippen MR) is 90.9 cm³/mol. The summed E-state index contributed by atoms with van der Waals surface area (Å²) in [6, 6.07) is 9.84. The average Bonchev–Trinajstić information content (AvgIpc) is 2.65. The van der Waals surface area contributed by atoms with Crippen molar-refractivity contribution in [3.63, 3.8) is 0 Å². The monoisotopic (exact) mass is 383 g/mol. The predicted octanol–water partition coefficient (Wildman–Crippen LogP) is 1.86. The van der Waals surface area contributed by atoms with Crippen LogP contribution in [-0.2, 0) is 26.2 Å². The molecule has 0 fully saturated rings. The molecule has 0 saturated carbocycles. The lowest BCUT2D eigenvalue weighted by Gasteiger charge is -2.11. The molecule has 2 aromatic carbocycles. The largest absolute Gasteiger partial charge is 0.493 e. The molecule has 9 heteroatoms. The fourth-order valence-electron chi connectivity index (χ4n) is 2.05. The van der Waals surface area contributed by atoms with Gasteiger partial charge in [0.15, 0.2) is 11.5 Å². The van der Waals surface area contributed by atoms with E-state index in [0.29, 0.717) is 5.75 Å². The molecule has 2 aromatic rings. The number of hydrogen-bond acceptors (Lipinski definition) is 6. The number of halogens is 1. The normalized spacial score (nSPS) is 11.0. The fourth-order valence-corrected chi connectivity index (χ4v) is 3.03. The molecule has 0 spiro atoms. The highest BCUT2D eigenvalue weighted by atomic mass is 32.2. The SMILES string of the molecule is COc1ccc(S(=O)(=O)NCC(=O)OCc2ccccc2F)cc1OC. The second-order valence-corrected chi connectivity index (χ2v) is 6.86. The van der Waals surface area contributed by atoms with Gasteiger partial charge in [-0.2, -0.15) is 4.72 Å². The second kappa shape index (κ2) is 8.63. The number of sulfonamides is 1. The van der Waals surface area contributed by atoms with Crippen molar-refractivity contribution >= 4 is 16.0 Å². The van der Waals surface area contributed by atoms with Crippen LogP contribution in [0.3, 0.4) is 0 Å². The van der Waals surface area contributed by atoms with Crippen molar-refractivity contribution < 1.29 is 31.8 Å². The van der Waals surface area contributed by atoms with E-state index in [1.54, 1.807) is 6.07 Å². The van der Waals surface area contributed by atoms with Gasteiger partial charge < -0.3 is 14.2 Å². The van der Waals surface area contributed by atoms with Gasteiger partial charge in [-0.25, -0.2) is 12.8 Å². The first kappa shape index (κ1) is 19.7. The summed E-state index contributed by atoms with van der Waals surface area (Å²) in [5.41, 5.74) is 0.198. The number of methoxy groups -OCH3 is 2. The lowest BCUT2D eigenvalue weighted by Crippen LogP contribution is -2.30. The lowest BCUT2D eigenvalue weighted by atomic mass is 10.2. The maximum Gasteiger partial charge on any atom is 0.321 e. The van der Waals surface area contributed by atoms with Crippen molar-refractivity contribution in [2.24, 2.45) is 0 Å². The summed E-state index contributed by atoms with van der Waals surface area (Å²) in [6.45, 7) is -0.880. The average molecular weight is 383 g/mol. The molecule has 26 heavy (non-hydrogen) atoms. The van der Waals surface area contributed by atoms with E-state index in [9.17, 15) is 17.6 Å². The summed E-state index contributed by atoms with van der Waals surface area (Å²) in [6.07, 6.45) is 0. The Hall–Kier alpha value is -2.65. The van der Waals surface area contributed by atoms with E-state index in [-0.39, 0.29) is 22.8 Å².